The maximum atomic E-state index is 13.1. The molecule has 160 valence electrons. The molecule has 2 aromatic carbocycles. The third-order valence-corrected chi connectivity index (χ3v) is 4.95. The van der Waals surface area contributed by atoms with E-state index in [1.165, 1.54) is 4.40 Å². The van der Waals surface area contributed by atoms with E-state index in [0.29, 0.717) is 29.2 Å². The number of para-hydroxylation sites is 2. The third kappa shape index (κ3) is 4.42. The zero-order valence-electron chi connectivity index (χ0n) is 17.8. The molecule has 0 radical (unpaired) electrons. The molecule has 0 spiro atoms. The van der Waals surface area contributed by atoms with Crippen LogP contribution in [0.2, 0.25) is 0 Å². The Morgan fingerprint density at radius 3 is 2.61 bits per heavy atom. The van der Waals surface area contributed by atoms with Crippen LogP contribution in [0.1, 0.15) is 25.8 Å². The largest absolute Gasteiger partial charge is 0.436 e. The highest BCUT2D eigenvalue weighted by Crippen LogP contribution is 2.26. The van der Waals surface area contributed by atoms with Gasteiger partial charge in [-0.15, -0.1) is 5.10 Å². The second-order valence-electron chi connectivity index (χ2n) is 7.95. The number of nitrogens with zero attached hydrogens (tertiary/aromatic N) is 4. The molecule has 2 aromatic heterocycles. The summed E-state index contributed by atoms with van der Waals surface area (Å²) in [7, 11) is 0. The van der Waals surface area contributed by atoms with Gasteiger partial charge in [0.05, 0.1) is 11.0 Å². The molecule has 4 rings (SSSR count). The first kappa shape index (κ1) is 20.6. The third-order valence-electron chi connectivity index (χ3n) is 4.95. The van der Waals surface area contributed by atoms with Gasteiger partial charge in [0.2, 0.25) is 11.6 Å². The van der Waals surface area contributed by atoms with Gasteiger partial charge in [0, 0.05) is 6.54 Å². The number of aryl methyl sites for hydroxylation is 1. The summed E-state index contributed by atoms with van der Waals surface area (Å²) < 4.78 is 8.56. The normalized spacial score (nSPS) is 11.4. The van der Waals surface area contributed by atoms with Crippen molar-refractivity contribution < 1.29 is 9.53 Å². The molecule has 8 nitrogen and oxygen atoms in total. The van der Waals surface area contributed by atoms with Crippen molar-refractivity contribution in [2.24, 2.45) is 5.92 Å². The average molecular weight is 419 g/mol. The fourth-order valence-electron chi connectivity index (χ4n) is 3.25. The Kier molecular flexibility index (Phi) is 5.70. The highest BCUT2D eigenvalue weighted by Gasteiger charge is 2.19. The minimum atomic E-state index is -0.415. The SMILES string of the molecule is Cc1ccc(Oc2nc3ccccc3n3c(=O)n(CC(=O)NCCC(C)C)nc23)cc1. The van der Waals surface area contributed by atoms with E-state index < -0.39 is 5.69 Å². The van der Waals surface area contributed by atoms with Gasteiger partial charge in [-0.05, 0) is 43.5 Å². The predicted molar refractivity (Wildman–Crippen MR) is 118 cm³/mol. The van der Waals surface area contributed by atoms with Crippen LogP contribution >= 0.6 is 0 Å². The minimum absolute atomic E-state index is 0.170. The number of nitrogens with one attached hydrogen (secondary N) is 1. The summed E-state index contributed by atoms with van der Waals surface area (Å²) in [4.78, 5) is 30.0. The van der Waals surface area contributed by atoms with Crippen LogP contribution in [-0.2, 0) is 11.3 Å². The lowest BCUT2D eigenvalue weighted by Crippen LogP contribution is -2.33. The van der Waals surface area contributed by atoms with Gasteiger partial charge in [-0.25, -0.2) is 18.9 Å². The number of amides is 1. The van der Waals surface area contributed by atoms with Crippen LogP contribution in [0.4, 0.5) is 0 Å². The first-order valence-corrected chi connectivity index (χ1v) is 10.3. The van der Waals surface area contributed by atoms with Crippen molar-refractivity contribution in [2.75, 3.05) is 6.54 Å². The standard InChI is InChI=1S/C23H25N5O3/c1-15(2)12-13-24-20(29)14-27-23(30)28-19-7-5-4-6-18(19)25-22(21(28)26-27)31-17-10-8-16(3)9-11-17/h4-11,15H,12-14H2,1-3H3,(H,24,29). The van der Waals surface area contributed by atoms with E-state index >= 15 is 0 Å². The zero-order valence-corrected chi connectivity index (χ0v) is 17.8. The second kappa shape index (κ2) is 8.59. The summed E-state index contributed by atoms with van der Waals surface area (Å²) in [6, 6.07) is 14.8. The van der Waals surface area contributed by atoms with Crippen molar-refractivity contribution >= 4 is 22.6 Å². The summed E-state index contributed by atoms with van der Waals surface area (Å²) in [5.41, 5.74) is 2.15. The summed E-state index contributed by atoms with van der Waals surface area (Å²) >= 11 is 0. The van der Waals surface area contributed by atoms with Crippen LogP contribution in [0.5, 0.6) is 11.6 Å². The van der Waals surface area contributed by atoms with Gasteiger partial charge in [-0.2, -0.15) is 0 Å². The van der Waals surface area contributed by atoms with Gasteiger partial charge in [-0.3, -0.25) is 4.79 Å². The molecule has 0 aliphatic rings. The van der Waals surface area contributed by atoms with E-state index in [9.17, 15) is 9.59 Å². The van der Waals surface area contributed by atoms with Crippen LogP contribution in [0.3, 0.4) is 0 Å². The van der Waals surface area contributed by atoms with E-state index in [1.807, 2.05) is 43.3 Å². The van der Waals surface area contributed by atoms with Crippen LogP contribution in [0.25, 0.3) is 16.7 Å². The molecule has 0 atom stereocenters. The summed E-state index contributed by atoms with van der Waals surface area (Å²) in [5.74, 6) is 1.02. The van der Waals surface area contributed by atoms with Crippen LogP contribution in [0.15, 0.2) is 53.3 Å². The number of carbonyl (C=O) groups excluding carboxylic acids is 1. The fraction of sp³-hybridized carbons (Fsp3) is 0.304. The molecular weight excluding hydrogens is 394 g/mol. The summed E-state index contributed by atoms with van der Waals surface area (Å²) in [6.07, 6.45) is 0.870. The van der Waals surface area contributed by atoms with Gasteiger partial charge in [0.25, 0.3) is 5.88 Å². The first-order valence-electron chi connectivity index (χ1n) is 10.3. The maximum Gasteiger partial charge on any atom is 0.351 e. The lowest BCUT2D eigenvalue weighted by atomic mass is 10.1. The molecule has 8 heteroatoms. The van der Waals surface area contributed by atoms with E-state index in [-0.39, 0.29) is 24.0 Å². The Morgan fingerprint density at radius 2 is 1.87 bits per heavy atom. The van der Waals surface area contributed by atoms with Crippen molar-refractivity contribution in [1.82, 2.24) is 24.5 Å². The molecule has 0 bridgehead atoms. The molecule has 0 saturated carbocycles. The number of benzene rings is 2. The molecule has 0 fully saturated rings. The monoisotopic (exact) mass is 419 g/mol. The predicted octanol–water partition coefficient (Wildman–Crippen LogP) is 3.31. The van der Waals surface area contributed by atoms with Crippen LogP contribution in [-0.4, -0.2) is 31.6 Å². The van der Waals surface area contributed by atoms with Gasteiger partial charge in [-0.1, -0.05) is 43.7 Å². The molecule has 0 unspecified atom stereocenters. The molecule has 31 heavy (non-hydrogen) atoms. The molecular formula is C23H25N5O3. The van der Waals surface area contributed by atoms with Crippen molar-refractivity contribution in [3.8, 4) is 11.6 Å². The molecule has 1 N–H and O–H groups in total. The maximum absolute atomic E-state index is 13.1. The molecule has 0 saturated heterocycles. The topological polar surface area (TPSA) is 90.5 Å². The van der Waals surface area contributed by atoms with Gasteiger partial charge < -0.3 is 10.1 Å². The molecule has 0 aliphatic heterocycles. The average Bonchev–Trinajstić information content (AvgIpc) is 3.06. The van der Waals surface area contributed by atoms with Crippen molar-refractivity contribution in [3.05, 3.63) is 64.6 Å². The quantitative estimate of drug-likeness (QED) is 0.496. The highest BCUT2D eigenvalue weighted by atomic mass is 16.5. The molecule has 4 aromatic rings. The Morgan fingerprint density at radius 1 is 1.13 bits per heavy atom. The van der Waals surface area contributed by atoms with Crippen LogP contribution in [0, 0.1) is 12.8 Å². The Bertz CT molecular complexity index is 1290. The molecule has 0 aliphatic carbocycles. The number of rotatable bonds is 7. The number of hydrogen-bond acceptors (Lipinski definition) is 5. The number of carbonyl (C=O) groups is 1. The smallest absolute Gasteiger partial charge is 0.351 e. The minimum Gasteiger partial charge on any atom is -0.436 e. The Labute approximate surface area is 179 Å². The Hall–Kier alpha value is -3.68. The van der Waals surface area contributed by atoms with E-state index in [1.54, 1.807) is 12.1 Å². The fourth-order valence-corrected chi connectivity index (χ4v) is 3.25. The first-order chi connectivity index (χ1) is 14.9. The lowest BCUT2D eigenvalue weighted by molar-refractivity contribution is -0.121. The highest BCUT2D eigenvalue weighted by molar-refractivity contribution is 5.80. The van der Waals surface area contributed by atoms with Gasteiger partial charge in [0.15, 0.2) is 0 Å². The summed E-state index contributed by atoms with van der Waals surface area (Å²) in [5, 5.41) is 7.21. The van der Waals surface area contributed by atoms with E-state index in [2.05, 4.69) is 29.2 Å². The number of hydrogen-bond donors (Lipinski definition) is 1. The van der Waals surface area contributed by atoms with Crippen molar-refractivity contribution in [2.45, 2.75) is 33.7 Å². The van der Waals surface area contributed by atoms with Crippen LogP contribution < -0.4 is 15.7 Å². The number of aromatic nitrogens is 4. The van der Waals surface area contributed by atoms with Gasteiger partial charge >= 0.3 is 5.69 Å². The molecule has 1 amide bonds. The molecule has 2 heterocycles. The summed E-state index contributed by atoms with van der Waals surface area (Å²) in [6.45, 7) is 6.56. The number of fused-ring (bicyclic) bond motifs is 3. The second-order valence-corrected chi connectivity index (χ2v) is 7.95. The van der Waals surface area contributed by atoms with E-state index in [0.717, 1.165) is 16.7 Å². The zero-order chi connectivity index (χ0) is 22.0. The van der Waals surface area contributed by atoms with Crippen molar-refractivity contribution in [3.63, 3.8) is 0 Å². The lowest BCUT2D eigenvalue weighted by Gasteiger charge is -2.07. The number of ether oxygens (including phenoxy) is 1. The Balaban J connectivity index is 1.74. The van der Waals surface area contributed by atoms with Crippen molar-refractivity contribution in [1.29, 1.82) is 0 Å². The van der Waals surface area contributed by atoms with Gasteiger partial charge in [0.1, 0.15) is 12.3 Å². The van der Waals surface area contributed by atoms with E-state index in [4.69, 9.17) is 4.74 Å².